The van der Waals surface area contributed by atoms with Crippen LogP contribution in [0.4, 0.5) is 10.1 Å². The molecule has 0 radical (unpaired) electrons. The Balaban J connectivity index is 1.93. The van der Waals surface area contributed by atoms with E-state index in [1.807, 2.05) is 44.2 Å². The Kier molecular flexibility index (Phi) is 10.4. The van der Waals surface area contributed by atoms with Gasteiger partial charge in [-0.05, 0) is 31.0 Å². The van der Waals surface area contributed by atoms with Gasteiger partial charge in [0.1, 0.15) is 17.6 Å². The van der Waals surface area contributed by atoms with Crippen LogP contribution in [-0.2, 0) is 22.6 Å². The molecule has 9 nitrogen and oxygen atoms in total. The summed E-state index contributed by atoms with van der Waals surface area (Å²) >= 11 is 0. The van der Waals surface area contributed by atoms with Gasteiger partial charge in [-0.25, -0.2) is 4.39 Å². The number of rotatable bonds is 13. The summed E-state index contributed by atoms with van der Waals surface area (Å²) in [5.74, 6) is -1.29. The van der Waals surface area contributed by atoms with Crippen LogP contribution in [0.2, 0.25) is 0 Å². The minimum Gasteiger partial charge on any atom is -0.490 e. The fourth-order valence-electron chi connectivity index (χ4n) is 3.93. The molecule has 0 aromatic heterocycles. The van der Waals surface area contributed by atoms with Crippen LogP contribution in [0.25, 0.3) is 0 Å². The summed E-state index contributed by atoms with van der Waals surface area (Å²) < 4.78 is 25.4. The zero-order valence-corrected chi connectivity index (χ0v) is 22.1. The number of nitro groups is 1. The molecular weight excluding hydrogens is 505 g/mol. The summed E-state index contributed by atoms with van der Waals surface area (Å²) in [6, 6.07) is 18.1. The predicted octanol–water partition coefficient (Wildman–Crippen LogP) is 4.68. The van der Waals surface area contributed by atoms with E-state index in [-0.39, 0.29) is 47.7 Å². The lowest BCUT2D eigenvalue weighted by atomic mass is 10.0. The first kappa shape index (κ1) is 29.1. The largest absolute Gasteiger partial charge is 0.490 e. The molecule has 3 rings (SSSR count). The van der Waals surface area contributed by atoms with Crippen LogP contribution in [-0.4, -0.2) is 47.4 Å². The molecule has 2 amide bonds. The molecule has 3 aromatic carbocycles. The number of carbonyl (C=O) groups is 2. The zero-order valence-electron chi connectivity index (χ0n) is 22.1. The number of amides is 2. The SMILES string of the molecule is CCC(C)NC(=O)C(Cc1ccccc1)N(Cc1ccccc1F)C(=O)COc1ccc([N+](=O)[O-])c(OC)c1. The van der Waals surface area contributed by atoms with Crippen molar-refractivity contribution in [2.24, 2.45) is 0 Å². The van der Waals surface area contributed by atoms with Gasteiger partial charge in [-0.15, -0.1) is 0 Å². The molecule has 3 aromatic rings. The minimum atomic E-state index is -0.955. The van der Waals surface area contributed by atoms with E-state index in [2.05, 4.69) is 5.32 Å². The van der Waals surface area contributed by atoms with Gasteiger partial charge in [0.25, 0.3) is 5.91 Å². The van der Waals surface area contributed by atoms with Gasteiger partial charge in [0, 0.05) is 36.7 Å². The van der Waals surface area contributed by atoms with Crippen molar-refractivity contribution in [3.8, 4) is 11.5 Å². The second-order valence-corrected chi connectivity index (χ2v) is 9.02. The Morgan fingerprint density at radius 3 is 2.41 bits per heavy atom. The number of methoxy groups -OCH3 is 1. The van der Waals surface area contributed by atoms with Crippen molar-refractivity contribution < 1.29 is 28.4 Å². The number of benzene rings is 3. The Morgan fingerprint density at radius 1 is 1.08 bits per heavy atom. The van der Waals surface area contributed by atoms with Crippen molar-refractivity contribution in [2.45, 2.75) is 45.3 Å². The number of ether oxygens (including phenoxy) is 2. The van der Waals surface area contributed by atoms with E-state index in [1.165, 1.54) is 36.3 Å². The number of halogens is 1. The standard InChI is InChI=1S/C29H32FN3O6/c1-4-20(2)31-29(35)26(16-21-10-6-5-7-11-21)32(18-22-12-8-9-13-24(22)30)28(34)19-39-23-14-15-25(33(36)37)27(17-23)38-3/h5-15,17,20,26H,4,16,18-19H2,1-3H3,(H,31,35). The highest BCUT2D eigenvalue weighted by atomic mass is 19.1. The van der Waals surface area contributed by atoms with Crippen molar-refractivity contribution >= 4 is 17.5 Å². The van der Waals surface area contributed by atoms with Crippen LogP contribution >= 0.6 is 0 Å². The molecule has 1 N–H and O–H groups in total. The molecular formula is C29H32FN3O6. The first-order valence-electron chi connectivity index (χ1n) is 12.6. The molecule has 2 unspecified atom stereocenters. The molecule has 0 fully saturated rings. The summed E-state index contributed by atoms with van der Waals surface area (Å²) in [4.78, 5) is 39.0. The van der Waals surface area contributed by atoms with Crippen molar-refractivity contribution in [1.29, 1.82) is 0 Å². The van der Waals surface area contributed by atoms with Crippen LogP contribution in [0.3, 0.4) is 0 Å². The molecule has 39 heavy (non-hydrogen) atoms. The minimum absolute atomic E-state index is 0.0250. The highest BCUT2D eigenvalue weighted by Gasteiger charge is 2.32. The third-order valence-corrected chi connectivity index (χ3v) is 6.28. The molecule has 0 aliphatic rings. The van der Waals surface area contributed by atoms with Crippen molar-refractivity contribution in [3.05, 3.63) is 99.9 Å². The first-order valence-corrected chi connectivity index (χ1v) is 12.6. The van der Waals surface area contributed by atoms with Crippen molar-refractivity contribution in [1.82, 2.24) is 10.2 Å². The number of hydrogen-bond donors (Lipinski definition) is 1. The van der Waals surface area contributed by atoms with Crippen LogP contribution in [0.5, 0.6) is 11.5 Å². The Bertz CT molecular complexity index is 1290. The third-order valence-electron chi connectivity index (χ3n) is 6.28. The monoisotopic (exact) mass is 537 g/mol. The number of hydrogen-bond acceptors (Lipinski definition) is 6. The topological polar surface area (TPSA) is 111 Å². The second kappa shape index (κ2) is 13.9. The van der Waals surface area contributed by atoms with Gasteiger partial charge in [0.2, 0.25) is 11.7 Å². The van der Waals surface area contributed by atoms with E-state index in [4.69, 9.17) is 9.47 Å². The van der Waals surface area contributed by atoms with Gasteiger partial charge < -0.3 is 19.7 Å². The molecule has 0 aliphatic carbocycles. The summed E-state index contributed by atoms with van der Waals surface area (Å²) in [7, 11) is 1.29. The molecule has 0 bridgehead atoms. The maximum atomic E-state index is 14.7. The Morgan fingerprint density at radius 2 is 1.77 bits per heavy atom. The van der Waals surface area contributed by atoms with Crippen molar-refractivity contribution in [2.75, 3.05) is 13.7 Å². The first-order chi connectivity index (χ1) is 18.7. The van der Waals surface area contributed by atoms with E-state index >= 15 is 0 Å². The van der Waals surface area contributed by atoms with Gasteiger partial charge in [-0.1, -0.05) is 55.5 Å². The normalized spacial score (nSPS) is 12.2. The third kappa shape index (κ3) is 8.00. The number of nitrogens with zero attached hydrogens (tertiary/aromatic N) is 2. The van der Waals surface area contributed by atoms with E-state index in [9.17, 15) is 24.1 Å². The lowest BCUT2D eigenvalue weighted by Gasteiger charge is -2.32. The average molecular weight is 538 g/mol. The maximum Gasteiger partial charge on any atom is 0.311 e. The lowest BCUT2D eigenvalue weighted by Crippen LogP contribution is -2.53. The average Bonchev–Trinajstić information content (AvgIpc) is 2.94. The van der Waals surface area contributed by atoms with Gasteiger partial charge in [-0.2, -0.15) is 0 Å². The van der Waals surface area contributed by atoms with Crippen molar-refractivity contribution in [3.63, 3.8) is 0 Å². The number of nitrogens with one attached hydrogen (secondary N) is 1. The van der Waals surface area contributed by atoms with Gasteiger partial charge in [0.15, 0.2) is 6.61 Å². The van der Waals surface area contributed by atoms with E-state index < -0.39 is 29.3 Å². The predicted molar refractivity (Wildman–Crippen MR) is 144 cm³/mol. The van der Waals surface area contributed by atoms with Crippen LogP contribution in [0, 0.1) is 15.9 Å². The second-order valence-electron chi connectivity index (χ2n) is 9.02. The van der Waals surface area contributed by atoms with Crippen LogP contribution in [0.15, 0.2) is 72.8 Å². The smallest absolute Gasteiger partial charge is 0.311 e. The zero-order chi connectivity index (χ0) is 28.4. The summed E-state index contributed by atoms with van der Waals surface area (Å²) in [6.45, 7) is 3.15. The van der Waals surface area contributed by atoms with E-state index in [0.29, 0.717) is 6.42 Å². The summed E-state index contributed by atoms with van der Waals surface area (Å²) in [5, 5.41) is 14.1. The molecule has 0 heterocycles. The highest BCUT2D eigenvalue weighted by molar-refractivity contribution is 5.88. The lowest BCUT2D eigenvalue weighted by molar-refractivity contribution is -0.385. The van der Waals surface area contributed by atoms with Gasteiger partial charge >= 0.3 is 5.69 Å². The molecule has 0 saturated carbocycles. The fourth-order valence-corrected chi connectivity index (χ4v) is 3.93. The molecule has 0 spiro atoms. The molecule has 206 valence electrons. The van der Waals surface area contributed by atoms with Crippen LogP contribution < -0.4 is 14.8 Å². The molecule has 2 atom stereocenters. The quantitative estimate of drug-likeness (QED) is 0.250. The Hall–Kier alpha value is -4.47. The van der Waals surface area contributed by atoms with E-state index in [0.717, 1.165) is 5.56 Å². The Labute approximate surface area is 226 Å². The highest BCUT2D eigenvalue weighted by Crippen LogP contribution is 2.31. The van der Waals surface area contributed by atoms with Crippen LogP contribution in [0.1, 0.15) is 31.4 Å². The van der Waals surface area contributed by atoms with Gasteiger partial charge in [-0.3, -0.25) is 19.7 Å². The van der Waals surface area contributed by atoms with E-state index in [1.54, 1.807) is 18.2 Å². The fraction of sp³-hybridized carbons (Fsp3) is 0.310. The number of carbonyl (C=O) groups excluding carboxylic acids is 2. The molecule has 0 saturated heterocycles. The summed E-state index contributed by atoms with van der Waals surface area (Å²) in [5.41, 5.74) is 0.827. The summed E-state index contributed by atoms with van der Waals surface area (Å²) in [6.07, 6.45) is 0.894. The van der Waals surface area contributed by atoms with Gasteiger partial charge in [0.05, 0.1) is 12.0 Å². The molecule has 0 aliphatic heterocycles. The molecule has 10 heteroatoms. The number of nitro benzene ring substituents is 1. The maximum absolute atomic E-state index is 14.7.